The van der Waals surface area contributed by atoms with E-state index in [9.17, 15) is 29.3 Å². The lowest BCUT2D eigenvalue weighted by molar-refractivity contribution is -0.767. The molecule has 0 atom stereocenters. The highest BCUT2D eigenvalue weighted by Crippen LogP contribution is 2.14. The summed E-state index contributed by atoms with van der Waals surface area (Å²) in [4.78, 5) is 63.4. The Morgan fingerprint density at radius 1 is 0.920 bits per heavy atom. The van der Waals surface area contributed by atoms with Crippen LogP contribution in [0, 0.1) is 10.1 Å². The topological polar surface area (TPSA) is 140 Å². The molecule has 0 spiro atoms. The predicted octanol–water partition coefficient (Wildman–Crippen LogP) is -1.28. The van der Waals surface area contributed by atoms with Crippen molar-refractivity contribution in [2.45, 2.75) is 13.3 Å². The lowest BCUT2D eigenvalue weighted by atomic mass is 10.1. The Balaban J connectivity index is 2.27. The van der Waals surface area contributed by atoms with Crippen LogP contribution in [0.4, 0.5) is 0 Å². The van der Waals surface area contributed by atoms with Crippen molar-refractivity contribution in [1.82, 2.24) is 9.13 Å². The van der Waals surface area contributed by atoms with E-state index in [1.54, 1.807) is 0 Å². The van der Waals surface area contributed by atoms with Gasteiger partial charge in [-0.05, 0) is 12.1 Å². The van der Waals surface area contributed by atoms with Crippen molar-refractivity contribution >= 4 is 21.5 Å². The first kappa shape index (κ1) is 16.5. The van der Waals surface area contributed by atoms with Crippen molar-refractivity contribution in [2.24, 2.45) is 0 Å². The Labute approximate surface area is 137 Å². The molecule has 1 aromatic carbocycles. The average Bonchev–Trinajstić information content (AvgIpc) is 2.95. The van der Waals surface area contributed by atoms with Gasteiger partial charge in [0.15, 0.2) is 6.73 Å². The van der Waals surface area contributed by atoms with Crippen LogP contribution in [0.1, 0.15) is 0 Å². The Kier molecular flexibility index (Phi) is 3.93. The quantitative estimate of drug-likeness (QED) is 0.396. The zero-order chi connectivity index (χ0) is 18.3. The molecule has 0 unspecified atom stereocenters. The third-order valence-corrected chi connectivity index (χ3v) is 3.87. The van der Waals surface area contributed by atoms with Crippen LogP contribution in [0.3, 0.4) is 0 Å². The fourth-order valence-corrected chi connectivity index (χ4v) is 2.68. The number of methoxy groups -OCH3 is 1. The maximum Gasteiger partial charge on any atom is 0.296 e. The summed E-state index contributed by atoms with van der Waals surface area (Å²) in [6.07, 6.45) is 0. The number of benzene rings is 1. The van der Waals surface area contributed by atoms with Crippen LogP contribution in [0.5, 0.6) is 0 Å². The van der Waals surface area contributed by atoms with E-state index in [1.165, 1.54) is 7.11 Å². The molecule has 11 nitrogen and oxygen atoms in total. The summed E-state index contributed by atoms with van der Waals surface area (Å²) >= 11 is 0. The molecule has 0 aliphatic carbocycles. The van der Waals surface area contributed by atoms with E-state index in [2.05, 4.69) is 4.84 Å². The number of fused-ring (bicyclic) bond motifs is 2. The van der Waals surface area contributed by atoms with E-state index in [4.69, 9.17) is 4.74 Å². The van der Waals surface area contributed by atoms with Gasteiger partial charge in [-0.15, -0.1) is 10.1 Å². The summed E-state index contributed by atoms with van der Waals surface area (Å²) in [5, 5.41) is 8.89. The van der Waals surface area contributed by atoms with Crippen molar-refractivity contribution in [3.8, 4) is 0 Å². The van der Waals surface area contributed by atoms with E-state index >= 15 is 0 Å². The number of rotatable bonds is 6. The third-order valence-electron chi connectivity index (χ3n) is 3.87. The normalized spacial score (nSPS) is 11.4. The van der Waals surface area contributed by atoms with Crippen LogP contribution in [0.15, 0.2) is 31.3 Å². The van der Waals surface area contributed by atoms with Gasteiger partial charge in [-0.1, -0.05) is 0 Å². The molecule has 0 aliphatic heterocycles. The Hall–Kier alpha value is -3.34. The number of ether oxygens (including phenoxy) is 1. The van der Waals surface area contributed by atoms with Gasteiger partial charge in [0, 0.05) is 7.11 Å². The molecule has 2 aromatic heterocycles. The van der Waals surface area contributed by atoms with Gasteiger partial charge in [-0.2, -0.15) is 0 Å². The molecular formula is C14H11N3O8. The van der Waals surface area contributed by atoms with Crippen LogP contribution < -0.4 is 22.2 Å². The fourth-order valence-electron chi connectivity index (χ4n) is 2.68. The lowest BCUT2D eigenvalue weighted by Gasteiger charge is -1.97. The van der Waals surface area contributed by atoms with Crippen molar-refractivity contribution in [3.63, 3.8) is 0 Å². The fraction of sp³-hybridized carbons (Fsp3) is 0.286. The summed E-state index contributed by atoms with van der Waals surface area (Å²) < 4.78 is 6.34. The SMILES string of the molecule is COCCn1c(=O)c2cc3c(=O)n(CO[N+](=O)[O-])c(=O)c3cc2c1=O. The summed E-state index contributed by atoms with van der Waals surface area (Å²) in [6.45, 7) is -0.681. The number of aromatic nitrogens is 2. The van der Waals surface area contributed by atoms with Crippen LogP contribution in [0.2, 0.25) is 0 Å². The molecule has 2 heterocycles. The lowest BCUT2D eigenvalue weighted by Crippen LogP contribution is -2.28. The first-order chi connectivity index (χ1) is 11.9. The zero-order valence-corrected chi connectivity index (χ0v) is 12.9. The van der Waals surface area contributed by atoms with Gasteiger partial charge >= 0.3 is 0 Å². The van der Waals surface area contributed by atoms with Gasteiger partial charge in [0.25, 0.3) is 27.3 Å². The van der Waals surface area contributed by atoms with Gasteiger partial charge in [0.1, 0.15) is 0 Å². The predicted molar refractivity (Wildman–Crippen MR) is 84.8 cm³/mol. The molecule has 11 heteroatoms. The van der Waals surface area contributed by atoms with Crippen LogP contribution in [-0.4, -0.2) is 27.9 Å². The molecule has 130 valence electrons. The minimum atomic E-state index is -1.13. The van der Waals surface area contributed by atoms with Crippen molar-refractivity contribution < 1.29 is 14.7 Å². The van der Waals surface area contributed by atoms with E-state index in [-0.39, 0.29) is 34.7 Å². The molecule has 25 heavy (non-hydrogen) atoms. The second-order valence-corrected chi connectivity index (χ2v) is 5.22. The summed E-state index contributed by atoms with van der Waals surface area (Å²) in [5.74, 6) is 0. The zero-order valence-electron chi connectivity index (χ0n) is 12.9. The number of nitrogens with zero attached hydrogens (tertiary/aromatic N) is 3. The van der Waals surface area contributed by atoms with Crippen LogP contribution >= 0.6 is 0 Å². The number of hydrogen-bond acceptors (Lipinski definition) is 8. The molecule has 3 rings (SSSR count). The minimum Gasteiger partial charge on any atom is -0.383 e. The molecule has 0 bridgehead atoms. The third kappa shape index (κ3) is 2.50. The Bertz CT molecular complexity index is 1120. The monoisotopic (exact) mass is 349 g/mol. The summed E-state index contributed by atoms with van der Waals surface area (Å²) in [7, 11) is 1.42. The van der Waals surface area contributed by atoms with Crippen LogP contribution in [0.25, 0.3) is 21.5 Å². The van der Waals surface area contributed by atoms with Crippen LogP contribution in [-0.2, 0) is 22.9 Å². The number of hydrogen-bond donors (Lipinski definition) is 0. The smallest absolute Gasteiger partial charge is 0.296 e. The first-order valence-electron chi connectivity index (χ1n) is 7.03. The maximum absolute atomic E-state index is 12.3. The average molecular weight is 349 g/mol. The minimum absolute atomic E-state index is 0.00181. The van der Waals surface area contributed by atoms with E-state index in [0.717, 1.165) is 16.7 Å². The highest BCUT2D eigenvalue weighted by Gasteiger charge is 2.19. The van der Waals surface area contributed by atoms with E-state index in [1.807, 2.05) is 0 Å². The Morgan fingerprint density at radius 2 is 1.36 bits per heavy atom. The molecule has 0 fully saturated rings. The van der Waals surface area contributed by atoms with Crippen molar-refractivity contribution in [3.05, 3.63) is 63.7 Å². The van der Waals surface area contributed by atoms with Gasteiger partial charge in [0.2, 0.25) is 0 Å². The standard InChI is InChI=1S/C14H11N3O8/c1-24-3-2-15-11(18)7-4-9-10(5-8(7)12(15)19)14(21)16(13(9)20)6-25-17(22)23/h4-5H,2-3,6H2,1H3. The van der Waals surface area contributed by atoms with Gasteiger partial charge in [-0.25, -0.2) is 4.57 Å². The molecule has 0 saturated heterocycles. The molecule has 0 aliphatic rings. The molecule has 0 radical (unpaired) electrons. The molecule has 3 aromatic rings. The summed E-state index contributed by atoms with van der Waals surface area (Å²) in [5.41, 5.74) is -2.86. The molecule has 0 amide bonds. The molecular weight excluding hydrogens is 338 g/mol. The maximum atomic E-state index is 12.3. The van der Waals surface area contributed by atoms with Gasteiger partial charge in [-0.3, -0.25) is 28.6 Å². The van der Waals surface area contributed by atoms with Gasteiger partial charge < -0.3 is 4.74 Å². The molecule has 0 N–H and O–H groups in total. The Morgan fingerprint density at radius 3 is 1.76 bits per heavy atom. The second kappa shape index (κ2) is 5.94. The largest absolute Gasteiger partial charge is 0.383 e. The second-order valence-electron chi connectivity index (χ2n) is 5.22. The van der Waals surface area contributed by atoms with Gasteiger partial charge in [0.05, 0.1) is 34.7 Å². The van der Waals surface area contributed by atoms with Crippen molar-refractivity contribution in [2.75, 3.05) is 13.7 Å². The highest BCUT2D eigenvalue weighted by atomic mass is 17.0. The van der Waals surface area contributed by atoms with E-state index < -0.39 is 34.1 Å². The summed E-state index contributed by atoms with van der Waals surface area (Å²) in [6, 6.07) is 2.31. The van der Waals surface area contributed by atoms with Crippen molar-refractivity contribution in [1.29, 1.82) is 0 Å². The highest BCUT2D eigenvalue weighted by molar-refractivity contribution is 5.97. The molecule has 0 saturated carbocycles. The van der Waals surface area contributed by atoms with E-state index in [0.29, 0.717) is 4.57 Å². The first-order valence-corrected chi connectivity index (χ1v) is 7.03.